The lowest BCUT2D eigenvalue weighted by atomic mass is 9.69. The quantitative estimate of drug-likeness (QED) is 0.303. The maximum absolute atomic E-state index is 10.6. The predicted octanol–water partition coefficient (Wildman–Crippen LogP) is 7.13. The van der Waals surface area contributed by atoms with Crippen LogP contribution in [0.15, 0.2) is 48.5 Å². The number of benzene rings is 2. The van der Waals surface area contributed by atoms with Crippen molar-refractivity contribution < 1.29 is 14.5 Å². The van der Waals surface area contributed by atoms with Gasteiger partial charge in [-0.05, 0) is 82.6 Å². The van der Waals surface area contributed by atoms with E-state index in [0.717, 1.165) is 23.9 Å². The van der Waals surface area contributed by atoms with E-state index in [4.69, 9.17) is 9.39 Å². The van der Waals surface area contributed by atoms with Gasteiger partial charge in [-0.2, -0.15) is 0 Å². The first-order valence-electron chi connectivity index (χ1n) is 13.5. The Morgan fingerprint density at radius 1 is 0.806 bits per heavy atom. The highest BCUT2D eigenvalue weighted by Crippen LogP contribution is 2.39. The number of ether oxygens (including phenoxy) is 1. The van der Waals surface area contributed by atoms with Crippen LogP contribution in [-0.4, -0.2) is 36.5 Å². The molecule has 0 amide bonds. The lowest BCUT2D eigenvalue weighted by molar-refractivity contribution is -0.114. The van der Waals surface area contributed by atoms with Crippen LogP contribution >= 0.6 is 0 Å². The third kappa shape index (κ3) is 6.51. The van der Waals surface area contributed by atoms with Crippen molar-refractivity contribution in [3.05, 3.63) is 70.8 Å². The van der Waals surface area contributed by atoms with Gasteiger partial charge >= 0.3 is 7.48 Å². The SMILES string of the molecule is CCC(O)(/C=C/c1ccc(C(CC)(CC)c2ccc([B]OC(C)(C)C(C)(C)OC)cc2)cc1C)CC. The van der Waals surface area contributed by atoms with Crippen LogP contribution < -0.4 is 5.46 Å². The summed E-state index contributed by atoms with van der Waals surface area (Å²) in [5.74, 6) is 0. The van der Waals surface area contributed by atoms with Crippen LogP contribution in [0.1, 0.15) is 103 Å². The summed E-state index contributed by atoms with van der Waals surface area (Å²) in [6.45, 7) is 18.9. The van der Waals surface area contributed by atoms with Gasteiger partial charge in [-0.15, -0.1) is 0 Å². The largest absolute Gasteiger partial charge is 0.427 e. The lowest BCUT2D eigenvalue weighted by Gasteiger charge is -2.40. The molecule has 0 saturated carbocycles. The molecular weight excluding hydrogens is 443 g/mol. The van der Waals surface area contributed by atoms with E-state index < -0.39 is 16.8 Å². The van der Waals surface area contributed by atoms with Crippen LogP contribution in [0.5, 0.6) is 0 Å². The standard InChI is InChI=1S/C32H48BO3/c1-11-31(34,12-2)22-21-25-15-16-27(23-24(25)5)32(13-3,14-4)26-17-19-28(20-18-26)33-36-30(8,9)29(6,7)35-10/h15-23,34H,11-14H2,1-10H3/b22-21+. The van der Waals surface area contributed by atoms with E-state index in [9.17, 15) is 5.11 Å². The summed E-state index contributed by atoms with van der Waals surface area (Å²) < 4.78 is 11.8. The Bertz CT molecular complexity index is 997. The van der Waals surface area contributed by atoms with Crippen LogP contribution in [0, 0.1) is 6.92 Å². The van der Waals surface area contributed by atoms with E-state index in [1.807, 2.05) is 55.1 Å². The van der Waals surface area contributed by atoms with Gasteiger partial charge in [0.15, 0.2) is 0 Å². The fourth-order valence-electron chi connectivity index (χ4n) is 4.61. The molecule has 36 heavy (non-hydrogen) atoms. The number of hydrogen-bond donors (Lipinski definition) is 1. The van der Waals surface area contributed by atoms with Gasteiger partial charge in [-0.3, -0.25) is 0 Å². The highest BCUT2D eigenvalue weighted by Gasteiger charge is 2.38. The van der Waals surface area contributed by atoms with Crippen LogP contribution in [-0.2, 0) is 14.8 Å². The smallest absolute Gasteiger partial charge is 0.330 e. The molecule has 4 heteroatoms. The topological polar surface area (TPSA) is 38.7 Å². The molecule has 2 rings (SSSR count). The molecule has 0 aromatic heterocycles. The zero-order valence-corrected chi connectivity index (χ0v) is 24.4. The Hall–Kier alpha value is -1.88. The van der Waals surface area contributed by atoms with Gasteiger partial charge in [0.1, 0.15) is 0 Å². The first-order valence-corrected chi connectivity index (χ1v) is 13.5. The molecule has 1 N–H and O–H groups in total. The Kier molecular flexibility index (Phi) is 10.2. The van der Waals surface area contributed by atoms with Crippen LogP contribution in [0.25, 0.3) is 6.08 Å². The van der Waals surface area contributed by atoms with Gasteiger partial charge in [-0.1, -0.05) is 87.8 Å². The summed E-state index contributed by atoms with van der Waals surface area (Å²) in [5, 5.41) is 10.6. The Morgan fingerprint density at radius 3 is 1.83 bits per heavy atom. The maximum Gasteiger partial charge on any atom is 0.330 e. The van der Waals surface area contributed by atoms with Gasteiger partial charge in [0, 0.05) is 12.5 Å². The normalized spacial score (nSPS) is 13.4. The molecule has 0 aliphatic rings. The summed E-state index contributed by atoms with van der Waals surface area (Å²) in [6, 6.07) is 15.5. The van der Waals surface area contributed by atoms with Crippen LogP contribution in [0.4, 0.5) is 0 Å². The Morgan fingerprint density at radius 2 is 1.36 bits per heavy atom. The number of aliphatic hydroxyl groups is 1. The minimum atomic E-state index is -0.737. The number of rotatable bonds is 13. The second-order valence-corrected chi connectivity index (χ2v) is 11.1. The molecule has 0 aliphatic carbocycles. The molecule has 0 bridgehead atoms. The highest BCUT2D eigenvalue weighted by atomic mass is 16.5. The lowest BCUT2D eigenvalue weighted by Crippen LogP contribution is -2.50. The van der Waals surface area contributed by atoms with Crippen molar-refractivity contribution in [2.75, 3.05) is 7.11 Å². The van der Waals surface area contributed by atoms with Gasteiger partial charge in [0.2, 0.25) is 0 Å². The fraction of sp³-hybridized carbons (Fsp3) is 0.562. The van der Waals surface area contributed by atoms with Crippen molar-refractivity contribution in [1.82, 2.24) is 0 Å². The molecule has 0 saturated heterocycles. The minimum absolute atomic E-state index is 0.0583. The second-order valence-electron chi connectivity index (χ2n) is 11.1. The molecule has 0 atom stereocenters. The van der Waals surface area contributed by atoms with Crippen molar-refractivity contribution in [3.8, 4) is 0 Å². The van der Waals surface area contributed by atoms with Crippen molar-refractivity contribution in [3.63, 3.8) is 0 Å². The van der Waals surface area contributed by atoms with E-state index in [2.05, 4.69) is 69.3 Å². The summed E-state index contributed by atoms with van der Waals surface area (Å²) >= 11 is 0. The molecular formula is C32H48BO3. The average Bonchev–Trinajstić information content (AvgIpc) is 2.88. The third-order valence-electron chi connectivity index (χ3n) is 8.74. The van der Waals surface area contributed by atoms with Crippen LogP contribution in [0.3, 0.4) is 0 Å². The number of aryl methyl sites for hydroxylation is 1. The Balaban J connectivity index is 2.31. The minimum Gasteiger partial charge on any atom is -0.427 e. The van der Waals surface area contributed by atoms with Crippen molar-refractivity contribution in [2.45, 2.75) is 110 Å². The number of hydrogen-bond acceptors (Lipinski definition) is 3. The van der Waals surface area contributed by atoms with Gasteiger partial charge < -0.3 is 14.5 Å². The van der Waals surface area contributed by atoms with E-state index in [0.29, 0.717) is 12.8 Å². The molecule has 197 valence electrons. The van der Waals surface area contributed by atoms with Gasteiger partial charge in [-0.25, -0.2) is 0 Å². The fourth-order valence-corrected chi connectivity index (χ4v) is 4.61. The molecule has 1 radical (unpaired) electrons. The van der Waals surface area contributed by atoms with Crippen molar-refractivity contribution >= 4 is 19.0 Å². The zero-order chi connectivity index (χ0) is 27.2. The molecule has 3 nitrogen and oxygen atoms in total. The first kappa shape index (κ1) is 30.3. The summed E-state index contributed by atoms with van der Waals surface area (Å²) in [6.07, 6.45) is 7.48. The highest BCUT2D eigenvalue weighted by molar-refractivity contribution is 6.47. The van der Waals surface area contributed by atoms with E-state index >= 15 is 0 Å². The van der Waals surface area contributed by atoms with Crippen molar-refractivity contribution in [2.24, 2.45) is 0 Å². The molecule has 2 aromatic carbocycles. The van der Waals surface area contributed by atoms with E-state index in [1.54, 1.807) is 7.11 Å². The second kappa shape index (κ2) is 12.1. The molecule has 2 aromatic rings. The molecule has 0 spiro atoms. The van der Waals surface area contributed by atoms with E-state index in [-0.39, 0.29) is 5.41 Å². The number of methoxy groups -OCH3 is 1. The first-order chi connectivity index (χ1) is 16.8. The summed E-state index contributed by atoms with van der Waals surface area (Å²) in [5.41, 5.74) is 4.40. The van der Waals surface area contributed by atoms with Crippen molar-refractivity contribution in [1.29, 1.82) is 0 Å². The summed E-state index contributed by atoms with van der Waals surface area (Å²) in [7, 11) is 3.55. The van der Waals surface area contributed by atoms with E-state index in [1.165, 1.54) is 16.7 Å². The molecule has 0 aliphatic heterocycles. The zero-order valence-electron chi connectivity index (χ0n) is 24.4. The molecule has 0 fully saturated rings. The van der Waals surface area contributed by atoms with Crippen LogP contribution in [0.2, 0.25) is 0 Å². The van der Waals surface area contributed by atoms with Gasteiger partial charge in [0.05, 0.1) is 16.8 Å². The third-order valence-corrected chi connectivity index (χ3v) is 8.74. The average molecular weight is 492 g/mol. The predicted molar refractivity (Wildman–Crippen MR) is 155 cm³/mol. The molecule has 0 unspecified atom stereocenters. The maximum atomic E-state index is 10.6. The Labute approximate surface area is 221 Å². The van der Waals surface area contributed by atoms with Gasteiger partial charge in [0.25, 0.3) is 0 Å². The summed E-state index contributed by atoms with van der Waals surface area (Å²) in [4.78, 5) is 0. The monoisotopic (exact) mass is 491 g/mol. The molecule has 0 heterocycles.